The van der Waals surface area contributed by atoms with E-state index in [1.54, 1.807) is 0 Å². The molecule has 0 heterocycles. The molecule has 0 rings (SSSR count). The lowest BCUT2D eigenvalue weighted by atomic mass is 10.0. The van der Waals surface area contributed by atoms with Crippen LogP contribution in [0.1, 0.15) is 32.1 Å². The first kappa shape index (κ1) is 38.1. The number of nitrogens with two attached hydrogens (primary N) is 5. The molecule has 0 spiro atoms. The molecular weight excluding hydrogens is 568 g/mol. The van der Waals surface area contributed by atoms with E-state index in [0.29, 0.717) is 0 Å². The standard InChI is InChI=1S/C21H44N10O11/c22-15(27-33)1-6-38-11-13(40-8-3-17(24)29-35)20(32)21(42-10-5-19(26)31-37)14(41-9-4-18(25)30-36)12-39-7-2-16(23)28-34/h13-14,20-21,32-37H,1-12H2,(H2,22,27)(H2,23,28)(H2,24,29)(H2,25,30)(H2,26,31). The third kappa shape index (κ3) is 17.7. The second kappa shape index (κ2) is 23.8. The SMILES string of the molecule is NC(CCOCC(OCCC(N)=NO)C(O)C(OCCC(N)=NO)C(COCCC(N)=NO)OCCC(N)=NO)=NO. The van der Waals surface area contributed by atoms with Crippen LogP contribution in [0.3, 0.4) is 0 Å². The van der Waals surface area contributed by atoms with Crippen LogP contribution in [0.5, 0.6) is 0 Å². The highest BCUT2D eigenvalue weighted by Gasteiger charge is 2.36. The quantitative estimate of drug-likeness (QED) is 0.0163. The van der Waals surface area contributed by atoms with E-state index < -0.39 is 24.4 Å². The Morgan fingerprint density at radius 1 is 0.476 bits per heavy atom. The minimum absolute atomic E-state index is 0.00831. The Morgan fingerprint density at radius 2 is 0.786 bits per heavy atom. The summed E-state index contributed by atoms with van der Waals surface area (Å²) in [5.74, 6) is -0.525. The Kier molecular flexibility index (Phi) is 21.6. The van der Waals surface area contributed by atoms with Crippen molar-refractivity contribution in [1.82, 2.24) is 0 Å². The summed E-state index contributed by atoms with van der Waals surface area (Å²) >= 11 is 0. The molecule has 0 aromatic heterocycles. The summed E-state index contributed by atoms with van der Waals surface area (Å²) in [7, 11) is 0. The van der Waals surface area contributed by atoms with Gasteiger partial charge in [0.05, 0.1) is 46.2 Å². The number of hydrogen-bond donors (Lipinski definition) is 11. The zero-order chi connectivity index (χ0) is 31.8. The van der Waals surface area contributed by atoms with Crippen molar-refractivity contribution >= 4 is 29.2 Å². The van der Waals surface area contributed by atoms with E-state index in [1.165, 1.54) is 0 Å². The van der Waals surface area contributed by atoms with Crippen molar-refractivity contribution in [1.29, 1.82) is 0 Å². The Balaban J connectivity index is 5.98. The van der Waals surface area contributed by atoms with Crippen molar-refractivity contribution in [3.05, 3.63) is 0 Å². The van der Waals surface area contributed by atoms with Crippen LogP contribution in [-0.4, -0.2) is 131 Å². The third-order valence-electron chi connectivity index (χ3n) is 5.34. The van der Waals surface area contributed by atoms with Crippen molar-refractivity contribution in [2.75, 3.05) is 46.2 Å². The first-order chi connectivity index (χ1) is 20.1. The number of ether oxygens (including phenoxy) is 5. The van der Waals surface area contributed by atoms with Crippen molar-refractivity contribution < 1.29 is 54.8 Å². The molecule has 0 amide bonds. The number of aliphatic hydroxyl groups is 1. The van der Waals surface area contributed by atoms with Gasteiger partial charge in [0, 0.05) is 32.1 Å². The molecule has 0 saturated heterocycles. The Bertz CT molecular complexity index is 876. The maximum Gasteiger partial charge on any atom is 0.141 e. The molecule has 21 nitrogen and oxygen atoms in total. The van der Waals surface area contributed by atoms with Gasteiger partial charge in [-0.1, -0.05) is 25.8 Å². The molecule has 0 aliphatic rings. The van der Waals surface area contributed by atoms with Crippen LogP contribution >= 0.6 is 0 Å². The van der Waals surface area contributed by atoms with E-state index in [1.807, 2.05) is 0 Å². The van der Waals surface area contributed by atoms with Gasteiger partial charge in [-0.05, 0) is 0 Å². The summed E-state index contributed by atoms with van der Waals surface area (Å²) in [5.41, 5.74) is 27.5. The van der Waals surface area contributed by atoms with Gasteiger partial charge in [-0.15, -0.1) is 0 Å². The van der Waals surface area contributed by atoms with Crippen molar-refractivity contribution in [2.24, 2.45) is 54.4 Å². The predicted molar refractivity (Wildman–Crippen MR) is 147 cm³/mol. The van der Waals surface area contributed by atoms with Crippen LogP contribution in [0.2, 0.25) is 0 Å². The lowest BCUT2D eigenvalue weighted by Gasteiger charge is -2.35. The van der Waals surface area contributed by atoms with Gasteiger partial charge in [0.1, 0.15) is 53.6 Å². The minimum Gasteiger partial charge on any atom is -0.409 e. The molecule has 42 heavy (non-hydrogen) atoms. The first-order valence-corrected chi connectivity index (χ1v) is 12.6. The molecule has 0 aliphatic carbocycles. The molecule has 21 heteroatoms. The number of aliphatic hydroxyl groups excluding tert-OH is 1. The molecule has 0 bridgehead atoms. The maximum absolute atomic E-state index is 11.4. The van der Waals surface area contributed by atoms with Gasteiger partial charge in [0.25, 0.3) is 0 Å². The zero-order valence-electron chi connectivity index (χ0n) is 23.1. The fourth-order valence-corrected chi connectivity index (χ4v) is 3.05. The summed E-state index contributed by atoms with van der Waals surface area (Å²) < 4.78 is 28.7. The van der Waals surface area contributed by atoms with Crippen LogP contribution in [-0.2, 0) is 23.7 Å². The lowest BCUT2D eigenvalue weighted by Crippen LogP contribution is -2.51. The third-order valence-corrected chi connectivity index (χ3v) is 5.34. The average Bonchev–Trinajstić information content (AvgIpc) is 3.00. The molecular formula is C21H44N10O11. The second-order valence-electron chi connectivity index (χ2n) is 8.50. The monoisotopic (exact) mass is 612 g/mol. The predicted octanol–water partition coefficient (Wildman–Crippen LogP) is -2.78. The topological polar surface area (TPSA) is 359 Å². The smallest absolute Gasteiger partial charge is 0.141 e. The number of amidine groups is 5. The van der Waals surface area contributed by atoms with Gasteiger partial charge < -0.3 is 83.5 Å². The zero-order valence-corrected chi connectivity index (χ0v) is 23.1. The molecule has 244 valence electrons. The van der Waals surface area contributed by atoms with Crippen LogP contribution in [0.4, 0.5) is 0 Å². The van der Waals surface area contributed by atoms with Gasteiger partial charge in [-0.3, -0.25) is 0 Å². The summed E-state index contributed by atoms with van der Waals surface area (Å²) in [4.78, 5) is 0. The molecule has 0 aliphatic heterocycles. The summed E-state index contributed by atoms with van der Waals surface area (Å²) in [5, 5.41) is 69.8. The fourth-order valence-electron chi connectivity index (χ4n) is 3.05. The normalized spacial score (nSPS) is 16.7. The number of nitrogens with zero attached hydrogens (tertiary/aromatic N) is 5. The van der Waals surface area contributed by atoms with Crippen LogP contribution in [0.15, 0.2) is 25.8 Å². The van der Waals surface area contributed by atoms with Crippen molar-refractivity contribution in [2.45, 2.75) is 56.5 Å². The highest BCUT2D eigenvalue weighted by atomic mass is 16.6. The van der Waals surface area contributed by atoms with Crippen LogP contribution < -0.4 is 28.7 Å². The molecule has 0 saturated carbocycles. The molecule has 0 aromatic rings. The fraction of sp³-hybridized carbons (Fsp3) is 0.762. The average molecular weight is 613 g/mol. The highest BCUT2D eigenvalue weighted by Crippen LogP contribution is 2.18. The molecule has 16 N–H and O–H groups in total. The van der Waals surface area contributed by atoms with Gasteiger partial charge in [-0.2, -0.15) is 0 Å². The van der Waals surface area contributed by atoms with Crippen molar-refractivity contribution in [3.8, 4) is 0 Å². The Hall–Kier alpha value is -3.89. The van der Waals surface area contributed by atoms with E-state index >= 15 is 0 Å². The molecule has 0 radical (unpaired) electrons. The second-order valence-corrected chi connectivity index (χ2v) is 8.50. The summed E-state index contributed by atoms with van der Waals surface area (Å²) in [6.07, 6.45) is -4.62. The van der Waals surface area contributed by atoms with E-state index in [0.717, 1.165) is 0 Å². The van der Waals surface area contributed by atoms with Gasteiger partial charge in [-0.25, -0.2) is 0 Å². The van der Waals surface area contributed by atoms with Gasteiger partial charge in [0.15, 0.2) is 0 Å². The largest absolute Gasteiger partial charge is 0.409 e. The Labute approximate surface area is 241 Å². The lowest BCUT2D eigenvalue weighted by molar-refractivity contribution is -0.179. The molecule has 0 fully saturated rings. The molecule has 0 aromatic carbocycles. The van der Waals surface area contributed by atoms with Gasteiger partial charge in [0.2, 0.25) is 0 Å². The Morgan fingerprint density at radius 3 is 1.17 bits per heavy atom. The number of rotatable bonds is 25. The molecule has 4 unspecified atom stereocenters. The van der Waals surface area contributed by atoms with Crippen LogP contribution in [0.25, 0.3) is 0 Å². The first-order valence-electron chi connectivity index (χ1n) is 12.6. The summed E-state index contributed by atoms with van der Waals surface area (Å²) in [6.45, 7) is -0.679. The van der Waals surface area contributed by atoms with Crippen LogP contribution in [0, 0.1) is 0 Å². The van der Waals surface area contributed by atoms with Crippen molar-refractivity contribution in [3.63, 3.8) is 0 Å². The number of hydrogen-bond acceptors (Lipinski definition) is 16. The van der Waals surface area contributed by atoms with E-state index in [4.69, 9.17) is 78.4 Å². The van der Waals surface area contributed by atoms with E-state index in [2.05, 4.69) is 25.8 Å². The maximum atomic E-state index is 11.4. The minimum atomic E-state index is -1.48. The summed E-state index contributed by atoms with van der Waals surface area (Å²) in [6, 6.07) is 0. The van der Waals surface area contributed by atoms with E-state index in [-0.39, 0.29) is 108 Å². The molecule has 4 atom stereocenters. The van der Waals surface area contributed by atoms with E-state index in [9.17, 15) is 5.11 Å². The highest BCUT2D eigenvalue weighted by molar-refractivity contribution is 5.80. The van der Waals surface area contributed by atoms with Gasteiger partial charge >= 0.3 is 0 Å². The number of oxime groups is 5.